The lowest BCUT2D eigenvalue weighted by atomic mass is 10.6. The molecule has 0 unspecified atom stereocenters. The molecule has 78 valence electrons. The molecule has 3 nitrogen and oxygen atoms in total. The molecule has 13 heavy (non-hydrogen) atoms. The summed E-state index contributed by atoms with van der Waals surface area (Å²) in [5.74, 6) is -3.52. The molecule has 0 aliphatic rings. The van der Waals surface area contributed by atoms with Gasteiger partial charge in [0, 0.05) is 0 Å². The summed E-state index contributed by atoms with van der Waals surface area (Å²) in [6.07, 6.45) is -3.54. The Morgan fingerprint density at radius 2 is 1.54 bits per heavy atom. The number of hydrogen-bond acceptors (Lipinski definition) is 2. The van der Waals surface area contributed by atoms with Crippen molar-refractivity contribution >= 4 is 10.0 Å². The molecule has 0 atom stereocenters. The van der Waals surface area contributed by atoms with E-state index in [1.54, 1.807) is 0 Å². The molecule has 0 rings (SSSR count). The summed E-state index contributed by atoms with van der Waals surface area (Å²) in [5.41, 5.74) is 0. The van der Waals surface area contributed by atoms with Gasteiger partial charge in [-0.25, -0.2) is 8.42 Å². The van der Waals surface area contributed by atoms with Crippen LogP contribution in [0.2, 0.25) is 0 Å². The van der Waals surface area contributed by atoms with Crippen LogP contribution < -0.4 is 4.94 Å². The summed E-state index contributed by atoms with van der Waals surface area (Å²) in [6.45, 7) is 0. The standard InChI is InChI=1S/C3HF6NO2S/c4-1(2(5)6)3(7,8)13(11,12)10-9/h10H. The zero-order chi connectivity index (χ0) is 10.9. The zero-order valence-electron chi connectivity index (χ0n) is 5.49. The molecule has 10 heteroatoms. The van der Waals surface area contributed by atoms with E-state index in [4.69, 9.17) is 0 Å². The minimum atomic E-state index is -6.10. The van der Waals surface area contributed by atoms with Gasteiger partial charge in [-0.1, -0.05) is 0 Å². The van der Waals surface area contributed by atoms with E-state index in [-0.39, 0.29) is 0 Å². The molecule has 0 fully saturated rings. The maximum atomic E-state index is 12.0. The monoisotopic (exact) mass is 229 g/mol. The number of sulfonamides is 1. The molecule has 0 saturated carbocycles. The summed E-state index contributed by atoms with van der Waals surface area (Å²) in [7, 11) is -6.10. The fourth-order valence-electron chi connectivity index (χ4n) is 0.276. The van der Waals surface area contributed by atoms with E-state index in [1.807, 2.05) is 0 Å². The highest BCUT2D eigenvalue weighted by atomic mass is 32.2. The topological polar surface area (TPSA) is 46.2 Å². The van der Waals surface area contributed by atoms with Crippen LogP contribution in [0.5, 0.6) is 0 Å². The highest BCUT2D eigenvalue weighted by Gasteiger charge is 2.53. The van der Waals surface area contributed by atoms with E-state index in [2.05, 4.69) is 0 Å². The predicted octanol–water partition coefficient (Wildman–Crippen LogP) is 1.46. The molecule has 0 amide bonds. The molecule has 0 saturated heterocycles. The van der Waals surface area contributed by atoms with E-state index in [9.17, 15) is 34.9 Å². The van der Waals surface area contributed by atoms with Crippen molar-refractivity contribution in [1.29, 1.82) is 0 Å². The van der Waals surface area contributed by atoms with Gasteiger partial charge in [-0.3, -0.25) is 0 Å². The molecule has 0 aromatic rings. The van der Waals surface area contributed by atoms with Crippen molar-refractivity contribution in [3.63, 3.8) is 0 Å². The molecular weight excluding hydrogens is 228 g/mol. The molecule has 0 spiro atoms. The van der Waals surface area contributed by atoms with Gasteiger partial charge < -0.3 is 0 Å². The average molecular weight is 229 g/mol. The zero-order valence-corrected chi connectivity index (χ0v) is 6.31. The van der Waals surface area contributed by atoms with E-state index >= 15 is 0 Å². The number of alkyl halides is 2. The first-order valence-corrected chi connectivity index (χ1v) is 3.86. The van der Waals surface area contributed by atoms with Crippen LogP contribution >= 0.6 is 0 Å². The van der Waals surface area contributed by atoms with Gasteiger partial charge in [-0.2, -0.15) is 22.0 Å². The Kier molecular flexibility index (Phi) is 3.33. The second-order valence-electron chi connectivity index (χ2n) is 1.67. The quantitative estimate of drug-likeness (QED) is 0.588. The van der Waals surface area contributed by atoms with Gasteiger partial charge in [-0.05, 0) is 4.94 Å². The Morgan fingerprint density at radius 3 is 1.77 bits per heavy atom. The molecule has 1 N–H and O–H groups in total. The van der Waals surface area contributed by atoms with Crippen molar-refractivity contribution in [1.82, 2.24) is 4.94 Å². The Bertz CT molecular complexity index is 317. The SMILES string of the molecule is O=S(=O)(NF)C(F)(F)C(F)=C(F)F. The van der Waals surface area contributed by atoms with Crippen LogP contribution in [-0.4, -0.2) is 13.7 Å². The van der Waals surface area contributed by atoms with Crippen molar-refractivity contribution < 1.29 is 34.9 Å². The van der Waals surface area contributed by atoms with Gasteiger partial charge in [0.2, 0.25) is 0 Å². The number of halogens is 6. The predicted molar refractivity (Wildman–Crippen MR) is 28.5 cm³/mol. The van der Waals surface area contributed by atoms with Crippen LogP contribution in [-0.2, 0) is 10.0 Å². The third-order valence-corrected chi connectivity index (χ3v) is 1.92. The van der Waals surface area contributed by atoms with E-state index < -0.39 is 32.1 Å². The minimum absolute atomic E-state index is 0.468. The number of nitrogens with one attached hydrogen (secondary N) is 1. The third kappa shape index (κ3) is 2.12. The number of hydrogen-bond donors (Lipinski definition) is 1. The van der Waals surface area contributed by atoms with Gasteiger partial charge in [-0.15, -0.1) is 4.48 Å². The molecule has 0 aromatic heterocycles. The van der Waals surface area contributed by atoms with E-state index in [0.29, 0.717) is 0 Å². The van der Waals surface area contributed by atoms with Crippen molar-refractivity contribution in [2.24, 2.45) is 0 Å². The normalized spacial score (nSPS) is 12.8. The lowest BCUT2D eigenvalue weighted by molar-refractivity contribution is 0.0899. The van der Waals surface area contributed by atoms with Crippen molar-refractivity contribution in [2.75, 3.05) is 0 Å². The highest BCUT2D eigenvalue weighted by molar-refractivity contribution is 7.90. The van der Waals surface area contributed by atoms with Gasteiger partial charge in [0.25, 0.3) is 5.83 Å². The van der Waals surface area contributed by atoms with Gasteiger partial charge in [0.1, 0.15) is 0 Å². The Morgan fingerprint density at radius 1 is 1.15 bits per heavy atom. The fraction of sp³-hybridized carbons (Fsp3) is 0.333. The molecule has 0 aromatic carbocycles. The van der Waals surface area contributed by atoms with Crippen LogP contribution in [0, 0.1) is 0 Å². The highest BCUT2D eigenvalue weighted by Crippen LogP contribution is 2.33. The average Bonchev–Trinajstić information content (AvgIpc) is 2.02. The van der Waals surface area contributed by atoms with Crippen LogP contribution in [0.25, 0.3) is 0 Å². The molecule has 0 aliphatic heterocycles. The maximum absolute atomic E-state index is 12.0. The van der Waals surface area contributed by atoms with Crippen molar-refractivity contribution in [2.45, 2.75) is 5.25 Å². The minimum Gasteiger partial charge on any atom is -0.203 e. The van der Waals surface area contributed by atoms with Crippen molar-refractivity contribution in [3.8, 4) is 0 Å². The largest absolute Gasteiger partial charge is 0.417 e. The van der Waals surface area contributed by atoms with Crippen LogP contribution in [0.3, 0.4) is 0 Å². The Balaban J connectivity index is 5.36. The summed E-state index contributed by atoms with van der Waals surface area (Å²) < 4.78 is 89.3. The summed E-state index contributed by atoms with van der Waals surface area (Å²) in [6, 6.07) is 0. The van der Waals surface area contributed by atoms with Gasteiger partial charge >= 0.3 is 21.4 Å². The smallest absolute Gasteiger partial charge is 0.203 e. The van der Waals surface area contributed by atoms with Gasteiger partial charge in [0.05, 0.1) is 0 Å². The summed E-state index contributed by atoms with van der Waals surface area (Å²) in [4.78, 5) is -0.468. The Hall–Kier alpha value is -0.770. The lowest BCUT2D eigenvalue weighted by Gasteiger charge is -2.10. The van der Waals surface area contributed by atoms with Crippen molar-refractivity contribution in [3.05, 3.63) is 11.9 Å². The maximum Gasteiger partial charge on any atom is 0.417 e. The Labute approximate surface area is 68.0 Å². The molecular formula is C3HF6NO2S. The van der Waals surface area contributed by atoms with E-state index in [1.165, 1.54) is 0 Å². The summed E-state index contributed by atoms with van der Waals surface area (Å²) >= 11 is 0. The third-order valence-electron chi connectivity index (χ3n) is 0.861. The first-order chi connectivity index (χ1) is 5.66. The second-order valence-corrected chi connectivity index (χ2v) is 3.35. The van der Waals surface area contributed by atoms with E-state index in [0.717, 1.165) is 0 Å². The van der Waals surface area contributed by atoms with Gasteiger partial charge in [0.15, 0.2) is 0 Å². The first-order valence-electron chi connectivity index (χ1n) is 2.38. The fourth-order valence-corrected chi connectivity index (χ4v) is 0.686. The van der Waals surface area contributed by atoms with Crippen LogP contribution in [0.4, 0.5) is 26.4 Å². The number of rotatable bonds is 3. The molecule has 0 heterocycles. The van der Waals surface area contributed by atoms with Crippen LogP contribution in [0.1, 0.15) is 0 Å². The molecule has 0 bridgehead atoms. The lowest BCUT2D eigenvalue weighted by Crippen LogP contribution is -2.36. The van der Waals surface area contributed by atoms with Crippen LogP contribution in [0.15, 0.2) is 11.9 Å². The summed E-state index contributed by atoms with van der Waals surface area (Å²) in [5, 5.41) is -5.62. The molecule has 0 radical (unpaired) electrons. The molecule has 0 aliphatic carbocycles. The first kappa shape index (κ1) is 12.2. The second kappa shape index (κ2) is 3.54.